The van der Waals surface area contributed by atoms with Gasteiger partial charge in [0, 0.05) is 6.20 Å². The Bertz CT molecular complexity index is 374. The first-order valence-electron chi connectivity index (χ1n) is 3.73. The fraction of sp³-hybridized carbons (Fsp3) is 0. The van der Waals surface area contributed by atoms with Crippen molar-refractivity contribution < 1.29 is 0 Å². The van der Waals surface area contributed by atoms with E-state index in [2.05, 4.69) is 47.5 Å². The first-order valence-corrected chi connectivity index (χ1v) is 3.73. The Balaban J connectivity index is 2.26. The lowest BCUT2D eigenvalue weighted by Gasteiger charge is -2.11. The molecule has 1 nitrogen and oxygen atoms in total. The molecule has 0 fully saturated rings. The zero-order valence-corrected chi connectivity index (χ0v) is 5.99. The van der Waals surface area contributed by atoms with E-state index in [1.165, 1.54) is 16.9 Å². The number of para-hydroxylation sites is 1. The number of hydrogen-bond donors (Lipinski definition) is 0. The average molecular weight is 141 g/mol. The number of benzene rings is 1. The van der Waals surface area contributed by atoms with Gasteiger partial charge in [-0.1, -0.05) is 24.3 Å². The van der Waals surface area contributed by atoms with Crippen molar-refractivity contribution in [1.82, 2.24) is 0 Å². The standard InChI is InChI=1S/C10H7N/c1-2-4-10-8(3-1)5-6-9-7-11(9)10/h1-7H. The highest BCUT2D eigenvalue weighted by Gasteiger charge is 2.24. The van der Waals surface area contributed by atoms with Crippen molar-refractivity contribution >= 4 is 11.8 Å². The molecule has 1 heteroatoms. The second-order valence-electron chi connectivity index (χ2n) is 2.82. The topological polar surface area (TPSA) is 3.01 Å². The molecule has 2 aliphatic heterocycles. The molecule has 0 spiro atoms. The molecular weight excluding hydrogens is 134 g/mol. The first-order chi connectivity index (χ1) is 5.45. The summed E-state index contributed by atoms with van der Waals surface area (Å²) in [5.74, 6) is 0. The van der Waals surface area contributed by atoms with E-state index < -0.39 is 0 Å². The van der Waals surface area contributed by atoms with Gasteiger partial charge in [-0.3, -0.25) is 0 Å². The molecule has 0 bridgehead atoms. The van der Waals surface area contributed by atoms with Crippen LogP contribution in [0.1, 0.15) is 5.56 Å². The predicted molar refractivity (Wildman–Crippen MR) is 46.0 cm³/mol. The van der Waals surface area contributed by atoms with Crippen molar-refractivity contribution in [2.45, 2.75) is 0 Å². The molecular formula is C10H7N. The number of allylic oxidation sites excluding steroid dienone is 1. The molecule has 52 valence electrons. The van der Waals surface area contributed by atoms with Gasteiger partial charge in [0.2, 0.25) is 0 Å². The minimum Gasteiger partial charge on any atom is -0.313 e. The summed E-state index contributed by atoms with van der Waals surface area (Å²) in [5.41, 5.74) is 3.94. The van der Waals surface area contributed by atoms with E-state index in [0.717, 1.165) is 0 Å². The van der Waals surface area contributed by atoms with Crippen molar-refractivity contribution in [3.63, 3.8) is 0 Å². The molecule has 3 rings (SSSR count). The third-order valence-corrected chi connectivity index (χ3v) is 2.10. The van der Waals surface area contributed by atoms with Crippen molar-refractivity contribution in [2.75, 3.05) is 4.90 Å². The van der Waals surface area contributed by atoms with E-state index in [0.29, 0.717) is 0 Å². The maximum absolute atomic E-state index is 2.20. The maximum atomic E-state index is 2.20. The number of hydrogen-bond acceptors (Lipinski definition) is 1. The van der Waals surface area contributed by atoms with Crippen LogP contribution in [0.3, 0.4) is 0 Å². The van der Waals surface area contributed by atoms with Crippen LogP contribution >= 0.6 is 0 Å². The normalized spacial score (nSPS) is 17.1. The Morgan fingerprint density at radius 3 is 2.91 bits per heavy atom. The van der Waals surface area contributed by atoms with Crippen LogP contribution in [0.4, 0.5) is 5.69 Å². The average Bonchev–Trinajstić information content (AvgIpc) is 2.83. The van der Waals surface area contributed by atoms with Crippen molar-refractivity contribution in [3.05, 3.63) is 47.8 Å². The summed E-state index contributed by atoms with van der Waals surface area (Å²) in [4.78, 5) is 2.20. The fourth-order valence-electron chi connectivity index (χ4n) is 1.46. The van der Waals surface area contributed by atoms with Gasteiger partial charge in [0.25, 0.3) is 0 Å². The third kappa shape index (κ3) is 0.598. The SMILES string of the molecule is C1=Cc2ccccc2N2C=C12. The Hall–Kier alpha value is -1.50. The number of anilines is 1. The molecule has 0 aliphatic carbocycles. The summed E-state index contributed by atoms with van der Waals surface area (Å²) in [6, 6.07) is 8.41. The quantitative estimate of drug-likeness (QED) is 0.536. The summed E-state index contributed by atoms with van der Waals surface area (Å²) in [5, 5.41) is 0. The van der Waals surface area contributed by atoms with Gasteiger partial charge in [-0.05, 0) is 17.7 Å². The van der Waals surface area contributed by atoms with Crippen molar-refractivity contribution in [3.8, 4) is 0 Å². The second-order valence-corrected chi connectivity index (χ2v) is 2.82. The predicted octanol–water partition coefficient (Wildman–Crippen LogP) is 2.37. The lowest BCUT2D eigenvalue weighted by molar-refractivity contribution is 1.38. The van der Waals surface area contributed by atoms with Gasteiger partial charge in [0.15, 0.2) is 0 Å². The highest BCUT2D eigenvalue weighted by Crippen LogP contribution is 2.38. The van der Waals surface area contributed by atoms with Gasteiger partial charge in [-0.15, -0.1) is 0 Å². The molecule has 1 aromatic rings. The van der Waals surface area contributed by atoms with Crippen LogP contribution in [0, 0.1) is 0 Å². The minimum absolute atomic E-state index is 1.31. The van der Waals surface area contributed by atoms with Crippen LogP contribution < -0.4 is 4.90 Å². The molecule has 0 amide bonds. The highest BCUT2D eigenvalue weighted by molar-refractivity contribution is 5.83. The third-order valence-electron chi connectivity index (χ3n) is 2.10. The van der Waals surface area contributed by atoms with Crippen LogP contribution in [0.15, 0.2) is 42.2 Å². The molecule has 0 N–H and O–H groups in total. The number of rotatable bonds is 0. The molecule has 0 radical (unpaired) electrons. The Labute approximate surface area is 65.3 Å². The van der Waals surface area contributed by atoms with Crippen LogP contribution in [-0.4, -0.2) is 0 Å². The maximum Gasteiger partial charge on any atom is 0.0623 e. The smallest absolute Gasteiger partial charge is 0.0623 e. The lowest BCUT2D eigenvalue weighted by atomic mass is 10.1. The van der Waals surface area contributed by atoms with E-state index in [1.54, 1.807) is 0 Å². The van der Waals surface area contributed by atoms with Crippen LogP contribution in [-0.2, 0) is 0 Å². The first kappa shape index (κ1) is 5.19. The molecule has 0 saturated carbocycles. The summed E-state index contributed by atoms with van der Waals surface area (Å²) >= 11 is 0. The van der Waals surface area contributed by atoms with Gasteiger partial charge in [0.1, 0.15) is 0 Å². The van der Waals surface area contributed by atoms with E-state index >= 15 is 0 Å². The number of nitrogens with zero attached hydrogens (tertiary/aromatic N) is 1. The van der Waals surface area contributed by atoms with Crippen molar-refractivity contribution in [1.29, 1.82) is 0 Å². The van der Waals surface area contributed by atoms with Gasteiger partial charge < -0.3 is 4.90 Å². The molecule has 0 aromatic heterocycles. The largest absolute Gasteiger partial charge is 0.313 e. The molecule has 0 atom stereocenters. The lowest BCUT2D eigenvalue weighted by Crippen LogP contribution is -1.99. The molecule has 11 heavy (non-hydrogen) atoms. The Morgan fingerprint density at radius 1 is 1.00 bits per heavy atom. The van der Waals surface area contributed by atoms with E-state index in [-0.39, 0.29) is 0 Å². The van der Waals surface area contributed by atoms with Gasteiger partial charge in [-0.2, -0.15) is 0 Å². The number of fused-ring (bicyclic) bond motifs is 3. The van der Waals surface area contributed by atoms with Gasteiger partial charge >= 0.3 is 0 Å². The molecule has 0 unspecified atom stereocenters. The summed E-state index contributed by atoms with van der Waals surface area (Å²) in [6.45, 7) is 0. The van der Waals surface area contributed by atoms with E-state index in [1.807, 2.05) is 0 Å². The van der Waals surface area contributed by atoms with Crippen LogP contribution in [0.25, 0.3) is 6.08 Å². The molecule has 2 aliphatic rings. The summed E-state index contributed by atoms with van der Waals surface area (Å²) < 4.78 is 0. The van der Waals surface area contributed by atoms with Crippen LogP contribution in [0.5, 0.6) is 0 Å². The Kier molecular flexibility index (Phi) is 0.737. The van der Waals surface area contributed by atoms with Gasteiger partial charge in [0.05, 0.1) is 11.4 Å². The van der Waals surface area contributed by atoms with E-state index in [4.69, 9.17) is 0 Å². The zero-order chi connectivity index (χ0) is 7.26. The van der Waals surface area contributed by atoms with Crippen LogP contribution in [0.2, 0.25) is 0 Å². The summed E-state index contributed by atoms with van der Waals surface area (Å²) in [6.07, 6.45) is 6.44. The van der Waals surface area contributed by atoms with Gasteiger partial charge in [-0.25, -0.2) is 0 Å². The molecule has 1 aromatic carbocycles. The zero-order valence-electron chi connectivity index (χ0n) is 5.99. The second kappa shape index (κ2) is 1.56. The fourth-order valence-corrected chi connectivity index (χ4v) is 1.46. The summed E-state index contributed by atoms with van der Waals surface area (Å²) in [7, 11) is 0. The molecule has 0 saturated heterocycles. The van der Waals surface area contributed by atoms with Crippen molar-refractivity contribution in [2.24, 2.45) is 0 Å². The monoisotopic (exact) mass is 141 g/mol. The molecule has 2 heterocycles. The Morgan fingerprint density at radius 2 is 1.91 bits per heavy atom. The van der Waals surface area contributed by atoms with E-state index in [9.17, 15) is 0 Å². The highest BCUT2D eigenvalue weighted by atomic mass is 15.2. The minimum atomic E-state index is 1.31.